The van der Waals surface area contributed by atoms with E-state index in [0.29, 0.717) is 21.6 Å². The first kappa shape index (κ1) is 13.5. The van der Waals surface area contributed by atoms with Crippen molar-refractivity contribution in [1.82, 2.24) is 0 Å². The molecule has 1 aromatic heterocycles. The summed E-state index contributed by atoms with van der Waals surface area (Å²) in [4.78, 5) is 25.8. The molecule has 21 heavy (non-hydrogen) atoms. The van der Waals surface area contributed by atoms with E-state index >= 15 is 0 Å². The first-order valence-corrected chi connectivity index (χ1v) is 7.42. The van der Waals surface area contributed by atoms with Crippen molar-refractivity contribution < 1.29 is 9.59 Å². The van der Waals surface area contributed by atoms with E-state index in [1.54, 1.807) is 42.5 Å². The topological polar surface area (TPSA) is 34.1 Å². The summed E-state index contributed by atoms with van der Waals surface area (Å²) in [6.07, 6.45) is 0. The lowest BCUT2D eigenvalue weighted by molar-refractivity contribution is 0.100. The van der Waals surface area contributed by atoms with Gasteiger partial charge in [0.05, 0.1) is 4.88 Å². The number of carbonyl (C=O) groups is 2. The molecule has 0 spiro atoms. The van der Waals surface area contributed by atoms with Crippen LogP contribution in [0, 0.1) is 0 Å². The van der Waals surface area contributed by atoms with Crippen molar-refractivity contribution in [1.29, 1.82) is 0 Å². The predicted octanol–water partition coefficient (Wildman–Crippen LogP) is 4.21. The van der Waals surface area contributed by atoms with Gasteiger partial charge in [-0.25, -0.2) is 0 Å². The number of rotatable bonds is 4. The lowest BCUT2D eigenvalue weighted by Crippen LogP contribution is -2.10. The summed E-state index contributed by atoms with van der Waals surface area (Å²) in [5, 5.41) is 1.86. The average molecular weight is 292 g/mol. The smallest absolute Gasteiger partial charge is 0.203 e. The number of ketones is 2. The van der Waals surface area contributed by atoms with E-state index in [9.17, 15) is 9.59 Å². The lowest BCUT2D eigenvalue weighted by atomic mass is 9.95. The highest BCUT2D eigenvalue weighted by atomic mass is 32.1. The molecule has 0 radical (unpaired) electrons. The monoisotopic (exact) mass is 292 g/mol. The Morgan fingerprint density at radius 1 is 0.667 bits per heavy atom. The second-order valence-electron chi connectivity index (χ2n) is 4.55. The standard InChI is InChI=1S/C18H12O2S/c19-17(13-7-2-1-3-8-13)14-9-4-5-10-15(14)18(20)16-11-6-12-21-16/h1-12H. The molecule has 1 heterocycles. The summed E-state index contributed by atoms with van der Waals surface area (Å²) >= 11 is 1.38. The fraction of sp³-hybridized carbons (Fsp3) is 0. The van der Waals surface area contributed by atoms with Crippen LogP contribution in [-0.4, -0.2) is 11.6 Å². The van der Waals surface area contributed by atoms with Crippen LogP contribution in [0.3, 0.4) is 0 Å². The van der Waals surface area contributed by atoms with Gasteiger partial charge in [0.1, 0.15) is 0 Å². The van der Waals surface area contributed by atoms with Crippen molar-refractivity contribution in [3.05, 3.63) is 93.7 Å². The van der Waals surface area contributed by atoms with Crippen LogP contribution in [0.4, 0.5) is 0 Å². The van der Waals surface area contributed by atoms with E-state index in [1.165, 1.54) is 11.3 Å². The van der Waals surface area contributed by atoms with Gasteiger partial charge in [0.2, 0.25) is 5.78 Å². The van der Waals surface area contributed by atoms with Gasteiger partial charge >= 0.3 is 0 Å². The summed E-state index contributed by atoms with van der Waals surface area (Å²) < 4.78 is 0. The van der Waals surface area contributed by atoms with Gasteiger partial charge in [0, 0.05) is 16.7 Å². The quantitative estimate of drug-likeness (QED) is 0.675. The Labute approximate surface area is 126 Å². The van der Waals surface area contributed by atoms with E-state index in [1.807, 2.05) is 29.6 Å². The highest BCUT2D eigenvalue weighted by Gasteiger charge is 2.19. The molecule has 3 rings (SSSR count). The largest absolute Gasteiger partial charge is 0.289 e. The van der Waals surface area contributed by atoms with Crippen molar-refractivity contribution in [2.24, 2.45) is 0 Å². The van der Waals surface area contributed by atoms with E-state index < -0.39 is 0 Å². The third kappa shape index (κ3) is 2.69. The van der Waals surface area contributed by atoms with Gasteiger partial charge < -0.3 is 0 Å². The molecule has 0 aliphatic heterocycles. The molecule has 0 aliphatic carbocycles. The molecule has 3 heteroatoms. The molecular weight excluding hydrogens is 280 g/mol. The van der Waals surface area contributed by atoms with Crippen LogP contribution in [-0.2, 0) is 0 Å². The normalized spacial score (nSPS) is 10.3. The first-order chi connectivity index (χ1) is 10.3. The Bertz CT molecular complexity index is 774. The minimum absolute atomic E-state index is 0.107. The third-order valence-electron chi connectivity index (χ3n) is 3.20. The summed E-state index contributed by atoms with van der Waals surface area (Å²) in [5.41, 5.74) is 1.49. The number of hydrogen-bond donors (Lipinski definition) is 0. The number of benzene rings is 2. The minimum Gasteiger partial charge on any atom is -0.289 e. The van der Waals surface area contributed by atoms with Crippen molar-refractivity contribution in [3.63, 3.8) is 0 Å². The fourth-order valence-corrected chi connectivity index (χ4v) is 2.84. The van der Waals surface area contributed by atoms with E-state index in [2.05, 4.69) is 0 Å². The third-order valence-corrected chi connectivity index (χ3v) is 4.07. The number of thiophene rings is 1. The molecule has 0 saturated heterocycles. The maximum Gasteiger partial charge on any atom is 0.203 e. The molecular formula is C18H12O2S. The van der Waals surface area contributed by atoms with Crippen LogP contribution < -0.4 is 0 Å². The second kappa shape index (κ2) is 5.85. The highest BCUT2D eigenvalue weighted by molar-refractivity contribution is 7.12. The molecule has 0 atom stereocenters. The van der Waals surface area contributed by atoms with E-state index in [-0.39, 0.29) is 11.6 Å². The summed E-state index contributed by atoms with van der Waals surface area (Å²) in [6, 6.07) is 19.6. The van der Waals surface area contributed by atoms with E-state index in [0.717, 1.165) is 0 Å². The zero-order valence-corrected chi connectivity index (χ0v) is 12.0. The lowest BCUT2D eigenvalue weighted by Gasteiger charge is -2.07. The molecule has 102 valence electrons. The zero-order chi connectivity index (χ0) is 14.7. The fourth-order valence-electron chi connectivity index (χ4n) is 2.16. The van der Waals surface area contributed by atoms with Gasteiger partial charge in [-0.2, -0.15) is 0 Å². The summed E-state index contributed by atoms with van der Waals surface area (Å²) in [7, 11) is 0. The van der Waals surface area contributed by atoms with Crippen LogP contribution in [0.2, 0.25) is 0 Å². The molecule has 0 aliphatic rings. The molecule has 3 aromatic rings. The summed E-state index contributed by atoms with van der Waals surface area (Å²) in [6.45, 7) is 0. The van der Waals surface area contributed by atoms with Gasteiger partial charge in [0.15, 0.2) is 5.78 Å². The van der Waals surface area contributed by atoms with Gasteiger partial charge in [0.25, 0.3) is 0 Å². The SMILES string of the molecule is O=C(c1ccccc1)c1ccccc1C(=O)c1cccs1. The molecule has 2 nitrogen and oxygen atoms in total. The maximum atomic E-state index is 12.6. The predicted molar refractivity (Wildman–Crippen MR) is 84.1 cm³/mol. The Morgan fingerprint density at radius 3 is 1.90 bits per heavy atom. The number of carbonyl (C=O) groups excluding carboxylic acids is 2. The van der Waals surface area contributed by atoms with Gasteiger partial charge in [-0.1, -0.05) is 60.7 Å². The van der Waals surface area contributed by atoms with Gasteiger partial charge in [-0.15, -0.1) is 11.3 Å². The molecule has 2 aromatic carbocycles. The minimum atomic E-state index is -0.129. The Kier molecular flexibility index (Phi) is 3.75. The number of hydrogen-bond acceptors (Lipinski definition) is 3. The second-order valence-corrected chi connectivity index (χ2v) is 5.49. The highest BCUT2D eigenvalue weighted by Crippen LogP contribution is 2.20. The van der Waals surface area contributed by atoms with Crippen molar-refractivity contribution >= 4 is 22.9 Å². The van der Waals surface area contributed by atoms with Crippen LogP contribution in [0.25, 0.3) is 0 Å². The maximum absolute atomic E-state index is 12.6. The zero-order valence-electron chi connectivity index (χ0n) is 11.2. The van der Waals surface area contributed by atoms with Gasteiger partial charge in [-0.3, -0.25) is 9.59 Å². The van der Waals surface area contributed by atoms with Crippen LogP contribution >= 0.6 is 11.3 Å². The average Bonchev–Trinajstić information content (AvgIpc) is 3.09. The van der Waals surface area contributed by atoms with Crippen molar-refractivity contribution in [2.45, 2.75) is 0 Å². The molecule has 0 N–H and O–H groups in total. The first-order valence-electron chi connectivity index (χ1n) is 6.54. The molecule has 0 saturated carbocycles. The van der Waals surface area contributed by atoms with E-state index in [4.69, 9.17) is 0 Å². The molecule has 0 bridgehead atoms. The van der Waals surface area contributed by atoms with Crippen LogP contribution in [0.15, 0.2) is 72.1 Å². The molecule has 0 unspecified atom stereocenters. The van der Waals surface area contributed by atoms with Crippen molar-refractivity contribution in [3.8, 4) is 0 Å². The van der Waals surface area contributed by atoms with Crippen molar-refractivity contribution in [2.75, 3.05) is 0 Å². The molecule has 0 fully saturated rings. The van der Waals surface area contributed by atoms with Crippen LogP contribution in [0.5, 0.6) is 0 Å². The Morgan fingerprint density at radius 2 is 1.29 bits per heavy atom. The summed E-state index contributed by atoms with van der Waals surface area (Å²) in [5.74, 6) is -0.235. The van der Waals surface area contributed by atoms with Crippen LogP contribution in [0.1, 0.15) is 31.2 Å². The Hall–Kier alpha value is -2.52. The molecule has 0 amide bonds. The Balaban J connectivity index is 2.05. The van der Waals surface area contributed by atoms with Gasteiger partial charge in [-0.05, 0) is 11.4 Å².